The highest BCUT2D eigenvalue weighted by Gasteiger charge is 2.10. The van der Waals surface area contributed by atoms with E-state index in [1.165, 1.54) is 12.8 Å². The molecule has 0 bridgehead atoms. The second kappa shape index (κ2) is 8.68. The smallest absolute Gasteiger partial charge is 0.294 e. The minimum absolute atomic E-state index is 0.00954. The normalized spacial score (nSPS) is 15.6. The van der Waals surface area contributed by atoms with E-state index < -0.39 is 5.09 Å². The van der Waals surface area contributed by atoms with Gasteiger partial charge in [-0.15, -0.1) is 10.1 Å². The summed E-state index contributed by atoms with van der Waals surface area (Å²) in [5, 5.41) is 11.9. The Hall–Kier alpha value is -1.37. The van der Waals surface area contributed by atoms with Crippen LogP contribution in [0.3, 0.4) is 0 Å². The molecular weight excluding hydrogens is 238 g/mol. The van der Waals surface area contributed by atoms with Crippen LogP contribution in [-0.2, 0) is 9.63 Å². The molecule has 1 N–H and O–H groups in total. The minimum atomic E-state index is -0.809. The van der Waals surface area contributed by atoms with Crippen LogP contribution in [0.15, 0.2) is 0 Å². The van der Waals surface area contributed by atoms with Gasteiger partial charge >= 0.3 is 0 Å². The molecule has 0 aromatic rings. The molecule has 7 heteroatoms. The average molecular weight is 259 g/mol. The molecule has 104 valence electrons. The number of hydrogen-bond acceptors (Lipinski definition) is 5. The summed E-state index contributed by atoms with van der Waals surface area (Å²) >= 11 is 0. The molecule has 1 rings (SSSR count). The van der Waals surface area contributed by atoms with Gasteiger partial charge < -0.3 is 15.1 Å². The molecule has 1 aliphatic heterocycles. The van der Waals surface area contributed by atoms with E-state index in [4.69, 9.17) is 0 Å². The van der Waals surface area contributed by atoms with Gasteiger partial charge in [-0.2, -0.15) is 0 Å². The molecule has 0 aromatic heterocycles. The monoisotopic (exact) mass is 259 g/mol. The Bertz CT molecular complexity index is 267. The molecule has 1 fully saturated rings. The topological polar surface area (TPSA) is 84.7 Å². The Labute approximate surface area is 107 Å². The third-order valence-corrected chi connectivity index (χ3v) is 2.94. The molecule has 1 amide bonds. The Morgan fingerprint density at radius 3 is 2.72 bits per heavy atom. The lowest BCUT2D eigenvalue weighted by atomic mass is 10.2. The van der Waals surface area contributed by atoms with E-state index in [1.54, 1.807) is 0 Å². The van der Waals surface area contributed by atoms with Gasteiger partial charge in [-0.05, 0) is 38.8 Å². The first-order valence-electron chi connectivity index (χ1n) is 6.45. The number of hydrogen-bond donors (Lipinski definition) is 1. The van der Waals surface area contributed by atoms with E-state index >= 15 is 0 Å². The van der Waals surface area contributed by atoms with Crippen molar-refractivity contribution in [2.45, 2.75) is 32.1 Å². The van der Waals surface area contributed by atoms with Crippen molar-refractivity contribution in [3.05, 3.63) is 10.1 Å². The van der Waals surface area contributed by atoms with Crippen LogP contribution < -0.4 is 5.32 Å². The molecule has 0 aliphatic carbocycles. The van der Waals surface area contributed by atoms with Crippen molar-refractivity contribution in [2.24, 2.45) is 0 Å². The van der Waals surface area contributed by atoms with E-state index in [0.717, 1.165) is 19.6 Å². The standard InChI is InChI=1S/C11H21N3O4/c15-11(5-1-4-10-18-14(16)17)12-6-9-13-7-2-3-8-13/h1-10H2,(H,12,15). The molecule has 1 saturated heterocycles. The summed E-state index contributed by atoms with van der Waals surface area (Å²) < 4.78 is 0. The van der Waals surface area contributed by atoms with Gasteiger partial charge in [-0.25, -0.2) is 0 Å². The number of carbonyl (C=O) groups excluding carboxylic acids is 1. The zero-order valence-electron chi connectivity index (χ0n) is 10.6. The van der Waals surface area contributed by atoms with Crippen molar-refractivity contribution >= 4 is 5.91 Å². The van der Waals surface area contributed by atoms with E-state index in [2.05, 4.69) is 15.1 Å². The summed E-state index contributed by atoms with van der Waals surface area (Å²) in [4.78, 5) is 27.8. The number of nitrogens with one attached hydrogen (secondary N) is 1. The fourth-order valence-corrected chi connectivity index (χ4v) is 1.97. The van der Waals surface area contributed by atoms with Gasteiger partial charge in [0.05, 0.1) is 6.61 Å². The largest absolute Gasteiger partial charge is 0.355 e. The molecule has 0 aromatic carbocycles. The first-order chi connectivity index (χ1) is 8.68. The van der Waals surface area contributed by atoms with E-state index in [0.29, 0.717) is 25.8 Å². The molecule has 1 heterocycles. The number of likely N-dealkylation sites (tertiary alicyclic amines) is 1. The highest BCUT2D eigenvalue weighted by molar-refractivity contribution is 5.75. The van der Waals surface area contributed by atoms with Crippen molar-refractivity contribution in [3.8, 4) is 0 Å². The lowest BCUT2D eigenvalue weighted by Gasteiger charge is -2.14. The third kappa shape index (κ3) is 7.05. The fraction of sp³-hybridized carbons (Fsp3) is 0.909. The number of carbonyl (C=O) groups is 1. The fourth-order valence-electron chi connectivity index (χ4n) is 1.97. The summed E-state index contributed by atoms with van der Waals surface area (Å²) in [5.41, 5.74) is 0. The molecule has 0 spiro atoms. The predicted molar refractivity (Wildman–Crippen MR) is 65.5 cm³/mol. The number of nitrogens with zero attached hydrogens (tertiary/aromatic N) is 2. The zero-order valence-corrected chi connectivity index (χ0v) is 10.6. The maximum absolute atomic E-state index is 11.4. The maximum Gasteiger partial charge on any atom is 0.294 e. The van der Waals surface area contributed by atoms with Gasteiger partial charge in [-0.3, -0.25) is 4.79 Å². The summed E-state index contributed by atoms with van der Waals surface area (Å²) in [6, 6.07) is 0. The Balaban J connectivity index is 1.88. The SMILES string of the molecule is O=C(CCCCO[N+](=O)[O-])NCCN1CCCC1. The van der Waals surface area contributed by atoms with Crippen LogP contribution in [0.4, 0.5) is 0 Å². The van der Waals surface area contributed by atoms with Crippen molar-refractivity contribution < 1.29 is 14.7 Å². The molecule has 1 aliphatic rings. The molecule has 0 radical (unpaired) electrons. The highest BCUT2D eigenvalue weighted by Crippen LogP contribution is 2.05. The van der Waals surface area contributed by atoms with Gasteiger partial charge in [0.25, 0.3) is 5.09 Å². The summed E-state index contributed by atoms with van der Waals surface area (Å²) in [6.45, 7) is 3.93. The third-order valence-electron chi connectivity index (χ3n) is 2.94. The van der Waals surface area contributed by atoms with E-state index in [-0.39, 0.29) is 12.5 Å². The van der Waals surface area contributed by atoms with Gasteiger partial charge in [0.2, 0.25) is 5.91 Å². The van der Waals surface area contributed by atoms with Crippen molar-refractivity contribution in [2.75, 3.05) is 32.8 Å². The summed E-state index contributed by atoms with van der Waals surface area (Å²) in [5.74, 6) is 0.00954. The van der Waals surface area contributed by atoms with Crippen LogP contribution in [0.25, 0.3) is 0 Å². The van der Waals surface area contributed by atoms with Crippen molar-refractivity contribution in [1.29, 1.82) is 0 Å². The van der Waals surface area contributed by atoms with Crippen molar-refractivity contribution in [1.82, 2.24) is 10.2 Å². The zero-order chi connectivity index (χ0) is 13.2. The van der Waals surface area contributed by atoms with Crippen LogP contribution in [0.1, 0.15) is 32.1 Å². The number of rotatable bonds is 9. The molecule has 0 unspecified atom stereocenters. The Kier molecular flexibility index (Phi) is 7.09. The van der Waals surface area contributed by atoms with Gasteiger partial charge in [0, 0.05) is 19.5 Å². The van der Waals surface area contributed by atoms with Gasteiger partial charge in [0.1, 0.15) is 0 Å². The molecule has 0 atom stereocenters. The first kappa shape index (κ1) is 14.7. The summed E-state index contributed by atoms with van der Waals surface area (Å²) in [7, 11) is 0. The quantitative estimate of drug-likeness (QED) is 0.372. The second-order valence-corrected chi connectivity index (χ2v) is 4.41. The number of amides is 1. The van der Waals surface area contributed by atoms with Crippen LogP contribution in [0.2, 0.25) is 0 Å². The summed E-state index contributed by atoms with van der Waals surface area (Å²) in [6.07, 6.45) is 4.06. The molecule has 7 nitrogen and oxygen atoms in total. The maximum atomic E-state index is 11.4. The van der Waals surface area contributed by atoms with Gasteiger partial charge in [-0.1, -0.05) is 0 Å². The lowest BCUT2D eigenvalue weighted by Crippen LogP contribution is -2.33. The molecular formula is C11H21N3O4. The Morgan fingerprint density at radius 2 is 2.06 bits per heavy atom. The molecule has 0 saturated carbocycles. The highest BCUT2D eigenvalue weighted by atomic mass is 16.9. The second-order valence-electron chi connectivity index (χ2n) is 4.41. The van der Waals surface area contributed by atoms with Crippen LogP contribution >= 0.6 is 0 Å². The Morgan fingerprint density at radius 1 is 1.33 bits per heavy atom. The minimum Gasteiger partial charge on any atom is -0.355 e. The first-order valence-corrected chi connectivity index (χ1v) is 6.45. The van der Waals surface area contributed by atoms with Crippen molar-refractivity contribution in [3.63, 3.8) is 0 Å². The average Bonchev–Trinajstić information content (AvgIpc) is 2.81. The van der Waals surface area contributed by atoms with Crippen LogP contribution in [-0.4, -0.2) is 48.7 Å². The van der Waals surface area contributed by atoms with E-state index in [9.17, 15) is 14.9 Å². The lowest BCUT2D eigenvalue weighted by molar-refractivity contribution is -0.757. The predicted octanol–water partition coefficient (Wildman–Crippen LogP) is 0.577. The van der Waals surface area contributed by atoms with Crippen LogP contribution in [0, 0.1) is 10.1 Å². The number of unbranched alkanes of at least 4 members (excludes halogenated alkanes) is 1. The molecule has 18 heavy (non-hydrogen) atoms. The van der Waals surface area contributed by atoms with Crippen LogP contribution in [0.5, 0.6) is 0 Å². The van der Waals surface area contributed by atoms with Gasteiger partial charge in [0.15, 0.2) is 0 Å². The van der Waals surface area contributed by atoms with E-state index in [1.807, 2.05) is 0 Å².